The molecule has 0 spiro atoms. The van der Waals surface area contributed by atoms with Crippen molar-refractivity contribution in [3.63, 3.8) is 0 Å². The van der Waals surface area contributed by atoms with E-state index in [-0.39, 0.29) is 0 Å². The van der Waals surface area contributed by atoms with E-state index in [2.05, 4.69) is 5.32 Å². The summed E-state index contributed by atoms with van der Waals surface area (Å²) in [6, 6.07) is 16.7. The third kappa shape index (κ3) is 4.41. The number of carbonyl (C=O) groups excluding carboxylic acids is 1. The van der Waals surface area contributed by atoms with Gasteiger partial charge in [-0.2, -0.15) is 0 Å². The fraction of sp³-hybridized carbons (Fsp3) is 0.235. The second-order valence-electron chi connectivity index (χ2n) is 4.78. The Kier molecular flexibility index (Phi) is 5.49. The van der Waals surface area contributed by atoms with Crippen molar-refractivity contribution in [1.29, 1.82) is 0 Å². The summed E-state index contributed by atoms with van der Waals surface area (Å²) in [6.07, 6.45) is -1.14. The van der Waals surface area contributed by atoms with Crippen LogP contribution in [0.25, 0.3) is 0 Å². The Labute approximate surface area is 124 Å². The van der Waals surface area contributed by atoms with E-state index in [0.717, 1.165) is 11.1 Å². The minimum atomic E-state index is -1.14. The molecular weight excluding hydrogens is 266 g/mol. The maximum Gasteiger partial charge on any atom is 0.253 e. The maximum absolute atomic E-state index is 11.9. The number of methoxy groups -OCH3 is 1. The monoisotopic (exact) mass is 285 g/mol. The van der Waals surface area contributed by atoms with Crippen LogP contribution in [0.4, 0.5) is 0 Å². The average Bonchev–Trinajstić information content (AvgIpc) is 2.54. The quantitative estimate of drug-likeness (QED) is 0.855. The first kappa shape index (κ1) is 15.2. The van der Waals surface area contributed by atoms with Gasteiger partial charge in [0.15, 0.2) is 6.10 Å². The first-order valence-electron chi connectivity index (χ1n) is 6.78. The van der Waals surface area contributed by atoms with Crippen molar-refractivity contribution in [2.45, 2.75) is 19.3 Å². The van der Waals surface area contributed by atoms with Crippen molar-refractivity contribution in [3.05, 3.63) is 71.3 Å². The summed E-state index contributed by atoms with van der Waals surface area (Å²) < 4.78 is 5.04. The van der Waals surface area contributed by atoms with Crippen LogP contribution in [0.5, 0.6) is 0 Å². The van der Waals surface area contributed by atoms with Crippen molar-refractivity contribution >= 4 is 5.91 Å². The predicted octanol–water partition coefficient (Wildman–Crippen LogP) is 2.18. The van der Waals surface area contributed by atoms with Gasteiger partial charge in [-0.3, -0.25) is 4.79 Å². The molecule has 0 aromatic heterocycles. The van der Waals surface area contributed by atoms with Gasteiger partial charge in [-0.15, -0.1) is 0 Å². The highest BCUT2D eigenvalue weighted by Crippen LogP contribution is 2.12. The molecule has 0 aliphatic carbocycles. The summed E-state index contributed by atoms with van der Waals surface area (Å²) in [5.41, 5.74) is 2.64. The van der Waals surface area contributed by atoms with E-state index in [0.29, 0.717) is 18.7 Å². The minimum Gasteiger partial charge on any atom is -0.380 e. The van der Waals surface area contributed by atoms with E-state index in [1.807, 2.05) is 30.3 Å². The van der Waals surface area contributed by atoms with Gasteiger partial charge in [-0.05, 0) is 16.7 Å². The van der Waals surface area contributed by atoms with Crippen molar-refractivity contribution in [2.75, 3.05) is 7.11 Å². The number of amides is 1. The second kappa shape index (κ2) is 7.57. The van der Waals surface area contributed by atoms with E-state index in [1.54, 1.807) is 31.4 Å². The van der Waals surface area contributed by atoms with Gasteiger partial charge in [0.1, 0.15) is 0 Å². The van der Waals surface area contributed by atoms with Crippen LogP contribution >= 0.6 is 0 Å². The first-order valence-corrected chi connectivity index (χ1v) is 6.78. The summed E-state index contributed by atoms with van der Waals surface area (Å²) in [6.45, 7) is 0.954. The Morgan fingerprint density at radius 1 is 1.10 bits per heavy atom. The molecule has 2 aromatic rings. The molecule has 0 aliphatic heterocycles. The van der Waals surface area contributed by atoms with E-state index in [1.165, 1.54) is 0 Å². The lowest BCUT2D eigenvalue weighted by molar-refractivity contribution is -0.129. The summed E-state index contributed by atoms with van der Waals surface area (Å²) >= 11 is 0. The Hall–Kier alpha value is -2.17. The van der Waals surface area contributed by atoms with Crippen molar-refractivity contribution < 1.29 is 14.6 Å². The fourth-order valence-electron chi connectivity index (χ4n) is 1.99. The van der Waals surface area contributed by atoms with Gasteiger partial charge in [0.25, 0.3) is 5.91 Å². The molecule has 0 aliphatic rings. The molecule has 0 radical (unpaired) electrons. The lowest BCUT2D eigenvalue weighted by Gasteiger charge is -2.12. The lowest BCUT2D eigenvalue weighted by Crippen LogP contribution is -2.28. The Bertz CT molecular complexity index is 566. The van der Waals surface area contributed by atoms with Crippen LogP contribution in [-0.2, 0) is 22.7 Å². The van der Waals surface area contributed by atoms with Crippen LogP contribution in [0.3, 0.4) is 0 Å². The number of nitrogens with one attached hydrogen (secondary N) is 1. The highest BCUT2D eigenvalue weighted by atomic mass is 16.5. The molecule has 2 rings (SSSR count). The zero-order chi connectivity index (χ0) is 15.1. The van der Waals surface area contributed by atoms with Crippen LogP contribution in [-0.4, -0.2) is 18.1 Å². The molecule has 2 N–H and O–H groups in total. The summed E-state index contributed by atoms with van der Waals surface area (Å²) in [7, 11) is 1.65. The minimum absolute atomic E-state index is 0.385. The van der Waals surface area contributed by atoms with Gasteiger partial charge < -0.3 is 15.2 Å². The molecular formula is C17H19NO3. The van der Waals surface area contributed by atoms with Gasteiger partial charge in [0.2, 0.25) is 0 Å². The van der Waals surface area contributed by atoms with Gasteiger partial charge in [-0.1, -0.05) is 54.6 Å². The maximum atomic E-state index is 11.9. The van der Waals surface area contributed by atoms with Crippen LogP contribution in [0.1, 0.15) is 22.8 Å². The molecule has 0 heterocycles. The molecule has 0 fully saturated rings. The number of ether oxygens (including phenoxy) is 1. The van der Waals surface area contributed by atoms with E-state index < -0.39 is 12.0 Å². The summed E-state index contributed by atoms with van der Waals surface area (Å²) in [5, 5.41) is 12.7. The predicted molar refractivity (Wildman–Crippen MR) is 80.4 cm³/mol. The number of hydrogen-bond donors (Lipinski definition) is 2. The van der Waals surface area contributed by atoms with Gasteiger partial charge in [0.05, 0.1) is 6.61 Å². The normalized spacial score (nSPS) is 11.9. The highest BCUT2D eigenvalue weighted by molar-refractivity contribution is 5.81. The van der Waals surface area contributed by atoms with Gasteiger partial charge >= 0.3 is 0 Å². The molecule has 2 aromatic carbocycles. The van der Waals surface area contributed by atoms with E-state index in [9.17, 15) is 9.90 Å². The Balaban J connectivity index is 1.89. The van der Waals surface area contributed by atoms with Crippen molar-refractivity contribution in [1.82, 2.24) is 5.32 Å². The van der Waals surface area contributed by atoms with Crippen LogP contribution in [0, 0.1) is 0 Å². The molecule has 0 saturated heterocycles. The first-order chi connectivity index (χ1) is 10.2. The van der Waals surface area contributed by atoms with Crippen LogP contribution in [0.2, 0.25) is 0 Å². The summed E-state index contributed by atoms with van der Waals surface area (Å²) in [4.78, 5) is 11.9. The van der Waals surface area contributed by atoms with Crippen LogP contribution in [0.15, 0.2) is 54.6 Å². The zero-order valence-electron chi connectivity index (χ0n) is 12.0. The van der Waals surface area contributed by atoms with Crippen molar-refractivity contribution in [2.24, 2.45) is 0 Å². The Morgan fingerprint density at radius 2 is 1.71 bits per heavy atom. The van der Waals surface area contributed by atoms with Crippen molar-refractivity contribution in [3.8, 4) is 0 Å². The number of carbonyl (C=O) groups is 1. The zero-order valence-corrected chi connectivity index (χ0v) is 12.0. The summed E-state index contributed by atoms with van der Waals surface area (Å²) in [5.74, 6) is -0.401. The third-order valence-electron chi connectivity index (χ3n) is 3.16. The molecule has 4 nitrogen and oxygen atoms in total. The van der Waals surface area contributed by atoms with Crippen LogP contribution < -0.4 is 5.32 Å². The number of aliphatic hydroxyl groups is 1. The number of rotatable bonds is 6. The molecule has 1 atom stereocenters. The standard InChI is InChI=1S/C17H19NO3/c1-21-12-14-9-7-13(8-10-14)11-18-17(20)16(19)15-5-3-2-4-6-15/h2-10,16,19H,11-12H2,1H3,(H,18,20). The Morgan fingerprint density at radius 3 is 2.33 bits per heavy atom. The SMILES string of the molecule is COCc1ccc(CNC(=O)C(O)c2ccccc2)cc1. The topological polar surface area (TPSA) is 58.6 Å². The molecule has 1 unspecified atom stereocenters. The molecule has 4 heteroatoms. The second-order valence-corrected chi connectivity index (χ2v) is 4.78. The molecule has 0 bridgehead atoms. The third-order valence-corrected chi connectivity index (χ3v) is 3.16. The molecule has 0 saturated carbocycles. The van der Waals surface area contributed by atoms with Gasteiger partial charge in [0, 0.05) is 13.7 Å². The smallest absolute Gasteiger partial charge is 0.253 e. The number of aliphatic hydroxyl groups excluding tert-OH is 1. The largest absolute Gasteiger partial charge is 0.380 e. The van der Waals surface area contributed by atoms with E-state index in [4.69, 9.17) is 4.74 Å². The van der Waals surface area contributed by atoms with Gasteiger partial charge in [-0.25, -0.2) is 0 Å². The molecule has 21 heavy (non-hydrogen) atoms. The van der Waals surface area contributed by atoms with E-state index >= 15 is 0 Å². The molecule has 110 valence electrons. The lowest BCUT2D eigenvalue weighted by atomic mass is 10.1. The highest BCUT2D eigenvalue weighted by Gasteiger charge is 2.16. The molecule has 1 amide bonds. The average molecular weight is 285 g/mol. The fourth-order valence-corrected chi connectivity index (χ4v) is 1.99. The number of hydrogen-bond acceptors (Lipinski definition) is 3. The number of benzene rings is 2.